The maximum absolute atomic E-state index is 13.8. The molecule has 3 aromatic rings. The minimum absolute atomic E-state index is 0.328. The molecule has 2 aliphatic rings. The van der Waals surface area contributed by atoms with E-state index in [9.17, 15) is 9.18 Å². The summed E-state index contributed by atoms with van der Waals surface area (Å²) in [5.74, 6) is 0.552. The van der Waals surface area contributed by atoms with Crippen molar-refractivity contribution in [3.8, 4) is 0 Å². The first-order valence-electron chi connectivity index (χ1n) is 9.07. The van der Waals surface area contributed by atoms with Crippen LogP contribution in [0.1, 0.15) is 24.2 Å². The molecule has 1 amide bonds. The van der Waals surface area contributed by atoms with Crippen molar-refractivity contribution in [2.24, 2.45) is 0 Å². The summed E-state index contributed by atoms with van der Waals surface area (Å²) in [6, 6.07) is 6.44. The fourth-order valence-electron chi connectivity index (χ4n) is 4.10. The van der Waals surface area contributed by atoms with Gasteiger partial charge in [0.2, 0.25) is 0 Å². The summed E-state index contributed by atoms with van der Waals surface area (Å²) in [6.07, 6.45) is 4.32. The summed E-state index contributed by atoms with van der Waals surface area (Å²) >= 11 is 2.22. The van der Waals surface area contributed by atoms with Crippen LogP contribution in [0, 0.1) is 9.39 Å². The van der Waals surface area contributed by atoms with E-state index in [2.05, 4.69) is 37.8 Å². The summed E-state index contributed by atoms with van der Waals surface area (Å²) in [6.45, 7) is 2.11. The number of pyridine rings is 1. The van der Waals surface area contributed by atoms with Gasteiger partial charge in [0.15, 0.2) is 5.58 Å². The summed E-state index contributed by atoms with van der Waals surface area (Å²) < 4.78 is 26.5. The van der Waals surface area contributed by atoms with E-state index >= 15 is 0 Å². The van der Waals surface area contributed by atoms with E-state index in [0.29, 0.717) is 25.1 Å². The van der Waals surface area contributed by atoms with E-state index in [4.69, 9.17) is 9.15 Å². The van der Waals surface area contributed by atoms with Crippen molar-refractivity contribution in [1.29, 1.82) is 0 Å². The smallest absolute Gasteiger partial charge is 0.412 e. The third-order valence-electron chi connectivity index (χ3n) is 5.47. The lowest BCUT2D eigenvalue weighted by atomic mass is 9.82. The van der Waals surface area contributed by atoms with Gasteiger partial charge in [-0.05, 0) is 46.9 Å². The second-order valence-corrected chi connectivity index (χ2v) is 8.39. The average molecular weight is 493 g/mol. The minimum Gasteiger partial charge on any atom is -0.458 e. The predicted molar refractivity (Wildman–Crippen MR) is 109 cm³/mol. The highest BCUT2D eigenvalue weighted by Gasteiger charge is 2.44. The monoisotopic (exact) mass is 493 g/mol. The van der Waals surface area contributed by atoms with Gasteiger partial charge in [-0.15, -0.1) is 0 Å². The van der Waals surface area contributed by atoms with Gasteiger partial charge in [-0.2, -0.15) is 0 Å². The van der Waals surface area contributed by atoms with E-state index in [0.717, 1.165) is 39.0 Å². The number of carbonyl (C=O) groups is 1. The summed E-state index contributed by atoms with van der Waals surface area (Å²) in [5.41, 5.74) is 1.43. The van der Waals surface area contributed by atoms with Crippen LogP contribution >= 0.6 is 22.6 Å². The Balaban J connectivity index is 1.35. The number of likely N-dealkylation sites (tertiary alicyclic amines) is 1. The Morgan fingerprint density at radius 1 is 1.25 bits per heavy atom. The SMILES string of the molecule is O=C1Nc2ccc(F)cc2C2(CCN(Cc3cc4cncc(I)c4o3)CC2)O1. The number of rotatable bonds is 2. The molecule has 1 N–H and O–H groups in total. The normalized spacial score (nSPS) is 18.7. The Bertz CT molecular complexity index is 1080. The number of carbonyl (C=O) groups excluding carboxylic acids is 1. The van der Waals surface area contributed by atoms with Gasteiger partial charge < -0.3 is 9.15 Å². The van der Waals surface area contributed by atoms with Crippen LogP contribution in [0.4, 0.5) is 14.9 Å². The Hall–Kier alpha value is -2.20. The van der Waals surface area contributed by atoms with Crippen molar-refractivity contribution in [3.05, 3.63) is 57.4 Å². The molecule has 0 bridgehead atoms. The third kappa shape index (κ3) is 3.04. The first-order valence-corrected chi connectivity index (χ1v) is 10.1. The number of anilines is 1. The fourth-order valence-corrected chi connectivity index (χ4v) is 4.68. The average Bonchev–Trinajstić information content (AvgIpc) is 3.08. The Morgan fingerprint density at radius 3 is 2.86 bits per heavy atom. The molecule has 0 atom stereocenters. The van der Waals surface area contributed by atoms with Crippen LogP contribution in [-0.4, -0.2) is 29.1 Å². The fraction of sp³-hybridized carbons (Fsp3) is 0.300. The standard InChI is InChI=1S/C20H17FIN3O3/c21-13-1-2-17-15(8-13)20(28-19(26)24-17)3-5-25(6-4-20)11-14-7-12-9-23-10-16(22)18(12)27-14/h1-2,7-10H,3-6,11H2,(H,24,26). The summed E-state index contributed by atoms with van der Waals surface area (Å²) in [7, 11) is 0. The molecular formula is C20H17FIN3O3. The highest BCUT2D eigenvalue weighted by molar-refractivity contribution is 14.1. The van der Waals surface area contributed by atoms with E-state index in [1.54, 1.807) is 18.5 Å². The lowest BCUT2D eigenvalue weighted by Gasteiger charge is -2.44. The Kier molecular flexibility index (Phi) is 4.27. The number of nitrogens with one attached hydrogen (secondary N) is 1. The molecule has 0 saturated carbocycles. The number of fused-ring (bicyclic) bond motifs is 3. The van der Waals surface area contributed by atoms with Crippen LogP contribution in [-0.2, 0) is 16.9 Å². The molecule has 2 aliphatic heterocycles. The van der Waals surface area contributed by atoms with Crippen molar-refractivity contribution in [3.63, 3.8) is 0 Å². The van der Waals surface area contributed by atoms with Crippen LogP contribution in [0.3, 0.4) is 0 Å². The van der Waals surface area contributed by atoms with Crippen molar-refractivity contribution in [1.82, 2.24) is 9.88 Å². The number of hydrogen-bond acceptors (Lipinski definition) is 5. The number of ether oxygens (including phenoxy) is 1. The van der Waals surface area contributed by atoms with E-state index in [-0.39, 0.29) is 5.82 Å². The molecule has 4 heterocycles. The molecule has 5 rings (SSSR count). The van der Waals surface area contributed by atoms with Gasteiger partial charge in [-0.1, -0.05) is 0 Å². The van der Waals surface area contributed by atoms with Gasteiger partial charge in [-0.3, -0.25) is 15.2 Å². The van der Waals surface area contributed by atoms with Crippen LogP contribution < -0.4 is 5.32 Å². The number of furan rings is 1. The zero-order valence-electron chi connectivity index (χ0n) is 14.9. The molecule has 0 aliphatic carbocycles. The number of hydrogen-bond donors (Lipinski definition) is 1. The molecule has 1 fully saturated rings. The van der Waals surface area contributed by atoms with Crippen molar-refractivity contribution in [2.75, 3.05) is 18.4 Å². The lowest BCUT2D eigenvalue weighted by Crippen LogP contribution is -2.48. The number of halogens is 2. The summed E-state index contributed by atoms with van der Waals surface area (Å²) in [4.78, 5) is 18.5. The van der Waals surface area contributed by atoms with Gasteiger partial charge in [0.05, 0.1) is 15.8 Å². The highest BCUT2D eigenvalue weighted by atomic mass is 127. The van der Waals surface area contributed by atoms with E-state index in [1.807, 2.05) is 6.07 Å². The Morgan fingerprint density at radius 2 is 2.07 bits per heavy atom. The molecule has 0 unspecified atom stereocenters. The van der Waals surface area contributed by atoms with E-state index in [1.165, 1.54) is 12.1 Å². The molecule has 28 heavy (non-hydrogen) atoms. The second kappa shape index (κ2) is 6.70. The topological polar surface area (TPSA) is 67.6 Å². The van der Waals surface area contributed by atoms with Crippen LogP contribution in [0.5, 0.6) is 0 Å². The highest BCUT2D eigenvalue weighted by Crippen LogP contribution is 2.44. The largest absolute Gasteiger partial charge is 0.458 e. The predicted octanol–water partition coefficient (Wildman–Crippen LogP) is 4.62. The maximum atomic E-state index is 13.8. The molecule has 8 heteroatoms. The molecular weight excluding hydrogens is 476 g/mol. The zero-order valence-corrected chi connectivity index (χ0v) is 17.0. The zero-order chi connectivity index (χ0) is 19.3. The van der Waals surface area contributed by atoms with Gasteiger partial charge in [0.1, 0.15) is 17.2 Å². The molecule has 144 valence electrons. The second-order valence-electron chi connectivity index (χ2n) is 7.23. The number of piperidine rings is 1. The van der Waals surface area contributed by atoms with Crippen molar-refractivity contribution >= 4 is 45.3 Å². The van der Waals surface area contributed by atoms with Crippen molar-refractivity contribution in [2.45, 2.75) is 25.0 Å². The molecule has 2 aromatic heterocycles. The Labute approximate surface area is 174 Å². The lowest BCUT2D eigenvalue weighted by molar-refractivity contribution is -0.0404. The molecule has 1 spiro atoms. The van der Waals surface area contributed by atoms with Gasteiger partial charge in [0, 0.05) is 49.3 Å². The minimum atomic E-state index is -0.774. The number of aromatic nitrogens is 1. The number of benzene rings is 1. The van der Waals surface area contributed by atoms with E-state index < -0.39 is 11.7 Å². The number of amides is 1. The first-order chi connectivity index (χ1) is 13.5. The summed E-state index contributed by atoms with van der Waals surface area (Å²) in [5, 5.41) is 3.66. The van der Waals surface area contributed by atoms with Gasteiger partial charge in [-0.25, -0.2) is 9.18 Å². The van der Waals surface area contributed by atoms with Gasteiger partial charge in [0.25, 0.3) is 0 Å². The van der Waals surface area contributed by atoms with Crippen LogP contribution in [0.25, 0.3) is 11.0 Å². The van der Waals surface area contributed by atoms with Crippen LogP contribution in [0.2, 0.25) is 0 Å². The van der Waals surface area contributed by atoms with Gasteiger partial charge >= 0.3 is 6.09 Å². The quantitative estimate of drug-likeness (QED) is 0.528. The third-order valence-corrected chi connectivity index (χ3v) is 6.24. The first kappa shape index (κ1) is 17.9. The van der Waals surface area contributed by atoms with Crippen molar-refractivity contribution < 1.29 is 18.3 Å². The maximum Gasteiger partial charge on any atom is 0.412 e. The molecule has 1 aromatic carbocycles. The number of nitrogens with zero attached hydrogens (tertiary/aromatic N) is 2. The molecule has 6 nitrogen and oxygen atoms in total. The van der Waals surface area contributed by atoms with Crippen LogP contribution in [0.15, 0.2) is 41.1 Å². The molecule has 1 saturated heterocycles. The molecule has 0 radical (unpaired) electrons.